The van der Waals surface area contributed by atoms with Gasteiger partial charge in [-0.15, -0.1) is 0 Å². The van der Waals surface area contributed by atoms with Crippen LogP contribution in [0.3, 0.4) is 0 Å². The number of amides is 1. The number of hydrogen-bond acceptors (Lipinski definition) is 5. The number of nitrogens with one attached hydrogen (secondary N) is 1. The first kappa shape index (κ1) is 20.5. The van der Waals surface area contributed by atoms with E-state index < -0.39 is 53.4 Å². The maximum atomic E-state index is 13.9. The van der Waals surface area contributed by atoms with E-state index in [4.69, 9.17) is 4.74 Å². The van der Waals surface area contributed by atoms with E-state index in [-0.39, 0.29) is 6.61 Å². The molecule has 0 heterocycles. The molecule has 0 radical (unpaired) electrons. The molecular formula is C19H19F2NO5. The lowest BCUT2D eigenvalue weighted by Gasteiger charge is -2.20. The van der Waals surface area contributed by atoms with Crippen LogP contribution in [-0.2, 0) is 11.3 Å². The van der Waals surface area contributed by atoms with Gasteiger partial charge in [-0.25, -0.2) is 13.6 Å². The number of rotatable bonds is 7. The summed E-state index contributed by atoms with van der Waals surface area (Å²) in [6, 6.07) is 10.2. The first-order valence-corrected chi connectivity index (χ1v) is 8.10. The largest absolute Gasteiger partial charge is 0.445 e. The third-order valence-corrected chi connectivity index (χ3v) is 3.82. The van der Waals surface area contributed by atoms with E-state index in [0.717, 1.165) is 18.6 Å². The molecule has 0 aromatic heterocycles. The molecule has 2 aromatic rings. The third kappa shape index (κ3) is 5.57. The summed E-state index contributed by atoms with van der Waals surface area (Å²) in [4.78, 5) is 23.0. The van der Waals surface area contributed by atoms with Crippen molar-refractivity contribution < 1.29 is 33.3 Å². The Morgan fingerprint density at radius 2 is 1.78 bits per heavy atom. The zero-order valence-electron chi connectivity index (χ0n) is 14.5. The van der Waals surface area contributed by atoms with Crippen LogP contribution in [0.2, 0.25) is 0 Å². The van der Waals surface area contributed by atoms with Gasteiger partial charge in [-0.05, 0) is 18.6 Å². The molecule has 0 aliphatic heterocycles. The molecule has 1 amide bonds. The zero-order valence-corrected chi connectivity index (χ0v) is 14.5. The smallest absolute Gasteiger partial charge is 0.407 e. The molecule has 0 fully saturated rings. The molecule has 0 spiro atoms. The summed E-state index contributed by atoms with van der Waals surface area (Å²) in [5.41, 5.74) is -0.0974. The van der Waals surface area contributed by atoms with Crippen molar-refractivity contribution in [2.75, 3.05) is 6.54 Å². The maximum absolute atomic E-state index is 13.9. The van der Waals surface area contributed by atoms with Gasteiger partial charge in [0.1, 0.15) is 30.4 Å². The Balaban J connectivity index is 1.93. The van der Waals surface area contributed by atoms with Crippen molar-refractivity contribution in [3.63, 3.8) is 0 Å². The summed E-state index contributed by atoms with van der Waals surface area (Å²) in [6.45, 7) is 0.661. The van der Waals surface area contributed by atoms with Crippen LogP contribution in [-0.4, -0.2) is 34.7 Å². The quantitative estimate of drug-likeness (QED) is 0.643. The summed E-state index contributed by atoms with van der Waals surface area (Å²) < 4.78 is 32.4. The minimum atomic E-state index is -1.78. The van der Waals surface area contributed by atoms with Gasteiger partial charge in [-0.2, -0.15) is 0 Å². The van der Waals surface area contributed by atoms with Crippen molar-refractivity contribution in [1.29, 1.82) is 0 Å². The number of alkyl carbamates (subject to hydrolysis) is 1. The molecule has 0 bridgehead atoms. The number of carbonyl (C=O) groups is 2. The van der Waals surface area contributed by atoms with Gasteiger partial charge in [0.05, 0.1) is 5.56 Å². The number of halogens is 2. The van der Waals surface area contributed by atoms with Gasteiger partial charge < -0.3 is 20.3 Å². The fourth-order valence-electron chi connectivity index (χ4n) is 2.34. The van der Waals surface area contributed by atoms with E-state index in [2.05, 4.69) is 5.32 Å². The van der Waals surface area contributed by atoms with Gasteiger partial charge in [0.15, 0.2) is 5.78 Å². The fraction of sp³-hybridized carbons (Fsp3) is 0.263. The average Bonchev–Trinajstić information content (AvgIpc) is 2.64. The summed E-state index contributed by atoms with van der Waals surface area (Å²) in [6.07, 6.45) is -4.22. The van der Waals surface area contributed by atoms with Crippen LogP contribution >= 0.6 is 0 Å². The predicted octanol–water partition coefficient (Wildman–Crippen LogP) is 2.49. The van der Waals surface area contributed by atoms with Crippen molar-refractivity contribution in [3.05, 3.63) is 70.8 Å². The molecular weight excluding hydrogens is 360 g/mol. The van der Waals surface area contributed by atoms with E-state index in [1.54, 1.807) is 24.3 Å². The molecule has 0 aliphatic carbocycles. The minimum absolute atomic E-state index is 0.0138. The number of ether oxygens (including phenoxy) is 1. The van der Waals surface area contributed by atoms with Crippen molar-refractivity contribution in [3.8, 4) is 0 Å². The number of ketones is 1. The molecule has 2 atom stereocenters. The first-order valence-electron chi connectivity index (χ1n) is 8.10. The number of carbonyl (C=O) groups excluding carboxylic acids is 2. The molecule has 6 nitrogen and oxygen atoms in total. The maximum Gasteiger partial charge on any atom is 0.407 e. The Morgan fingerprint density at radius 3 is 2.41 bits per heavy atom. The van der Waals surface area contributed by atoms with Gasteiger partial charge in [-0.1, -0.05) is 30.3 Å². The highest BCUT2D eigenvalue weighted by molar-refractivity contribution is 5.94. The van der Waals surface area contributed by atoms with Gasteiger partial charge in [-0.3, -0.25) is 4.79 Å². The van der Waals surface area contributed by atoms with Crippen LogP contribution in [0, 0.1) is 11.6 Å². The lowest BCUT2D eigenvalue weighted by molar-refractivity contribution is 0.0163. The number of aliphatic hydroxyl groups excluding tert-OH is 2. The molecule has 0 saturated carbocycles. The fourth-order valence-corrected chi connectivity index (χ4v) is 2.34. The Labute approximate surface area is 154 Å². The summed E-state index contributed by atoms with van der Waals surface area (Å²) in [5, 5.41) is 22.3. The molecule has 2 rings (SSSR count). The molecule has 8 heteroatoms. The molecule has 27 heavy (non-hydrogen) atoms. The minimum Gasteiger partial charge on any atom is -0.445 e. The molecule has 2 aromatic carbocycles. The van der Waals surface area contributed by atoms with E-state index in [1.807, 2.05) is 6.07 Å². The van der Waals surface area contributed by atoms with Crippen molar-refractivity contribution in [2.45, 2.75) is 25.7 Å². The van der Waals surface area contributed by atoms with Crippen LogP contribution in [0.4, 0.5) is 13.6 Å². The van der Waals surface area contributed by atoms with Crippen molar-refractivity contribution in [2.24, 2.45) is 0 Å². The van der Waals surface area contributed by atoms with Gasteiger partial charge >= 0.3 is 6.09 Å². The topological polar surface area (TPSA) is 95.9 Å². The van der Waals surface area contributed by atoms with Crippen LogP contribution in [0.25, 0.3) is 0 Å². The number of Topliss-reactive ketones (excluding diaryl/α,β-unsaturated/α-hetero) is 1. The first-order chi connectivity index (χ1) is 12.8. The Kier molecular flexibility index (Phi) is 6.98. The van der Waals surface area contributed by atoms with Crippen LogP contribution < -0.4 is 5.32 Å². The standard InChI is InChI=1S/C19H19F2NO5/c1-11(23)13-7-14(16(21)8-15(13)20)18(25)17(24)9-22-19(26)27-10-12-5-3-2-4-6-12/h2-8,17-18,24-25H,9-10H2,1H3,(H,22,26). The normalized spacial score (nSPS) is 12.9. The van der Waals surface area contributed by atoms with Crippen molar-refractivity contribution >= 4 is 11.9 Å². The Bertz CT molecular complexity index is 813. The van der Waals surface area contributed by atoms with Crippen LogP contribution in [0.15, 0.2) is 42.5 Å². The number of aliphatic hydroxyl groups is 2. The van der Waals surface area contributed by atoms with Gasteiger partial charge in [0.2, 0.25) is 0 Å². The molecule has 0 saturated heterocycles. The Hall–Kier alpha value is -2.84. The molecule has 2 unspecified atom stereocenters. The molecule has 0 aliphatic rings. The second kappa shape index (κ2) is 9.20. The number of hydrogen-bond donors (Lipinski definition) is 3. The van der Waals surface area contributed by atoms with E-state index >= 15 is 0 Å². The summed E-state index contributed by atoms with van der Waals surface area (Å²) >= 11 is 0. The van der Waals surface area contributed by atoms with E-state index in [0.29, 0.717) is 6.07 Å². The summed E-state index contributed by atoms with van der Waals surface area (Å²) in [7, 11) is 0. The van der Waals surface area contributed by atoms with E-state index in [9.17, 15) is 28.6 Å². The summed E-state index contributed by atoms with van der Waals surface area (Å²) in [5.74, 6) is -2.83. The van der Waals surface area contributed by atoms with E-state index in [1.165, 1.54) is 0 Å². The van der Waals surface area contributed by atoms with Crippen LogP contribution in [0.5, 0.6) is 0 Å². The number of benzene rings is 2. The zero-order chi connectivity index (χ0) is 20.0. The van der Waals surface area contributed by atoms with Gasteiger partial charge in [0, 0.05) is 18.2 Å². The SMILES string of the molecule is CC(=O)c1cc(C(O)C(O)CNC(=O)OCc2ccccc2)c(F)cc1F. The molecule has 3 N–H and O–H groups in total. The average molecular weight is 379 g/mol. The predicted molar refractivity (Wildman–Crippen MR) is 92.0 cm³/mol. The van der Waals surface area contributed by atoms with Crippen molar-refractivity contribution in [1.82, 2.24) is 5.32 Å². The van der Waals surface area contributed by atoms with Gasteiger partial charge in [0.25, 0.3) is 0 Å². The highest BCUT2D eigenvalue weighted by Crippen LogP contribution is 2.24. The second-order valence-electron chi connectivity index (χ2n) is 5.86. The lowest BCUT2D eigenvalue weighted by atomic mass is 9.99. The second-order valence-corrected chi connectivity index (χ2v) is 5.86. The molecule has 144 valence electrons. The highest BCUT2D eigenvalue weighted by atomic mass is 19.1. The third-order valence-electron chi connectivity index (χ3n) is 3.82. The van der Waals surface area contributed by atoms with Crippen LogP contribution in [0.1, 0.15) is 34.5 Å². The monoisotopic (exact) mass is 379 g/mol. The highest BCUT2D eigenvalue weighted by Gasteiger charge is 2.25. The lowest BCUT2D eigenvalue weighted by Crippen LogP contribution is -2.36. The Morgan fingerprint density at radius 1 is 1.11 bits per heavy atom.